The van der Waals surface area contributed by atoms with Crippen molar-refractivity contribution < 1.29 is 29.4 Å². The first-order valence-corrected chi connectivity index (χ1v) is 9.87. The average Bonchev–Trinajstić information content (AvgIpc) is 2.65. The molecule has 0 bridgehead atoms. The number of hydrogen-bond acceptors (Lipinski definition) is 6. The quantitative estimate of drug-likeness (QED) is 0.242. The van der Waals surface area contributed by atoms with Gasteiger partial charge in [0.1, 0.15) is 18.1 Å². The van der Waals surface area contributed by atoms with E-state index in [0.717, 1.165) is 0 Å². The van der Waals surface area contributed by atoms with Crippen LogP contribution in [0.1, 0.15) is 48.0 Å². The monoisotopic (exact) mass is 416 g/mol. The molecule has 168 valence electrons. The van der Waals surface area contributed by atoms with Crippen LogP contribution in [-0.2, 0) is 19.2 Å². The maximum atomic E-state index is 12.7. The molecular formula is C19H36N4O6. The summed E-state index contributed by atoms with van der Waals surface area (Å²) >= 11 is 0. The Morgan fingerprint density at radius 3 is 1.72 bits per heavy atom. The summed E-state index contributed by atoms with van der Waals surface area (Å²) in [6.07, 6.45) is 0.569. The number of aliphatic hydroxyl groups excluding tert-OH is 1. The molecule has 0 spiro atoms. The Hall–Kier alpha value is -2.20. The summed E-state index contributed by atoms with van der Waals surface area (Å²) < 4.78 is 0. The molecule has 10 nitrogen and oxygen atoms in total. The smallest absolute Gasteiger partial charge is 0.326 e. The summed E-state index contributed by atoms with van der Waals surface area (Å²) in [5.74, 6) is -3.97. The first-order chi connectivity index (χ1) is 13.4. The molecule has 0 fully saturated rings. The van der Waals surface area contributed by atoms with Crippen LogP contribution in [0.4, 0.5) is 0 Å². The number of hydrogen-bond donors (Lipinski definition) is 6. The summed E-state index contributed by atoms with van der Waals surface area (Å²) in [6, 6.07) is -4.28. The Morgan fingerprint density at radius 2 is 1.34 bits per heavy atom. The van der Waals surface area contributed by atoms with Gasteiger partial charge in [-0.1, -0.05) is 48.0 Å². The lowest BCUT2D eigenvalue weighted by molar-refractivity contribution is -0.144. The van der Waals surface area contributed by atoms with Crippen molar-refractivity contribution >= 4 is 23.7 Å². The lowest BCUT2D eigenvalue weighted by Crippen LogP contribution is -2.60. The summed E-state index contributed by atoms with van der Waals surface area (Å²) in [7, 11) is 0. The van der Waals surface area contributed by atoms with E-state index in [1.165, 1.54) is 0 Å². The van der Waals surface area contributed by atoms with Gasteiger partial charge in [-0.2, -0.15) is 0 Å². The minimum absolute atomic E-state index is 0.129. The van der Waals surface area contributed by atoms with Crippen LogP contribution in [-0.4, -0.2) is 64.7 Å². The van der Waals surface area contributed by atoms with E-state index in [1.807, 2.05) is 6.92 Å². The number of carbonyl (C=O) groups is 4. The number of aliphatic carboxylic acids is 1. The third-order valence-corrected chi connectivity index (χ3v) is 4.86. The molecular weight excluding hydrogens is 380 g/mol. The molecule has 7 N–H and O–H groups in total. The molecule has 0 saturated carbocycles. The zero-order valence-corrected chi connectivity index (χ0v) is 18.1. The highest BCUT2D eigenvalue weighted by Gasteiger charge is 2.33. The van der Waals surface area contributed by atoms with Crippen molar-refractivity contribution in [1.82, 2.24) is 16.0 Å². The number of carboxylic acids is 1. The number of aliphatic hydroxyl groups is 1. The highest BCUT2D eigenvalue weighted by molar-refractivity contribution is 5.94. The fraction of sp³-hybridized carbons (Fsp3) is 0.789. The largest absolute Gasteiger partial charge is 0.480 e. The zero-order valence-electron chi connectivity index (χ0n) is 18.1. The van der Waals surface area contributed by atoms with Gasteiger partial charge in [0, 0.05) is 0 Å². The maximum Gasteiger partial charge on any atom is 0.326 e. The zero-order chi connectivity index (χ0) is 22.9. The lowest BCUT2D eigenvalue weighted by atomic mass is 9.96. The van der Waals surface area contributed by atoms with Crippen LogP contribution in [0, 0.1) is 17.8 Å². The van der Waals surface area contributed by atoms with E-state index in [2.05, 4.69) is 16.0 Å². The highest BCUT2D eigenvalue weighted by Crippen LogP contribution is 2.10. The van der Waals surface area contributed by atoms with Crippen LogP contribution in [0.3, 0.4) is 0 Å². The standard InChI is InChI=1S/C19H36N4O6/c1-7-11(6)15(23-17(26)13(20)9(2)3)18(27)21-12(8-24)16(25)22-14(10(4)5)19(28)29/h9-15,24H,7-8,20H2,1-6H3,(H,21,27)(H,22,25)(H,23,26)(H,28,29). The third-order valence-electron chi connectivity index (χ3n) is 4.86. The minimum Gasteiger partial charge on any atom is -0.480 e. The molecule has 0 aliphatic heterocycles. The van der Waals surface area contributed by atoms with Crippen LogP contribution < -0.4 is 21.7 Å². The Labute approximate surface area is 172 Å². The van der Waals surface area contributed by atoms with Gasteiger partial charge in [0.05, 0.1) is 12.6 Å². The van der Waals surface area contributed by atoms with Crippen LogP contribution in [0.15, 0.2) is 0 Å². The van der Waals surface area contributed by atoms with Gasteiger partial charge in [0.15, 0.2) is 0 Å². The minimum atomic E-state index is -1.36. The Morgan fingerprint density at radius 1 is 0.828 bits per heavy atom. The first-order valence-electron chi connectivity index (χ1n) is 9.87. The van der Waals surface area contributed by atoms with Gasteiger partial charge in [-0.15, -0.1) is 0 Å². The molecule has 0 aromatic carbocycles. The lowest BCUT2D eigenvalue weighted by Gasteiger charge is -2.28. The van der Waals surface area contributed by atoms with Gasteiger partial charge in [-0.05, 0) is 17.8 Å². The van der Waals surface area contributed by atoms with Crippen LogP contribution in [0.25, 0.3) is 0 Å². The number of rotatable bonds is 12. The van der Waals surface area contributed by atoms with Crippen molar-refractivity contribution in [3.05, 3.63) is 0 Å². The van der Waals surface area contributed by atoms with Gasteiger partial charge >= 0.3 is 5.97 Å². The Bertz CT molecular complexity index is 581. The first kappa shape index (κ1) is 26.8. The molecule has 29 heavy (non-hydrogen) atoms. The van der Waals surface area contributed by atoms with E-state index in [9.17, 15) is 29.4 Å². The number of nitrogens with one attached hydrogen (secondary N) is 3. The molecule has 0 aromatic heterocycles. The van der Waals surface area contributed by atoms with Gasteiger partial charge in [-0.25, -0.2) is 4.79 Å². The predicted octanol–water partition coefficient (Wildman–Crippen LogP) is -0.797. The van der Waals surface area contributed by atoms with Crippen LogP contribution >= 0.6 is 0 Å². The van der Waals surface area contributed by atoms with Gasteiger partial charge in [0.2, 0.25) is 17.7 Å². The van der Waals surface area contributed by atoms with Crippen molar-refractivity contribution in [3.63, 3.8) is 0 Å². The summed E-state index contributed by atoms with van der Waals surface area (Å²) in [5, 5.41) is 26.0. The normalized spacial score (nSPS) is 16.5. The van der Waals surface area contributed by atoms with Crippen LogP contribution in [0.5, 0.6) is 0 Å². The molecule has 0 saturated heterocycles. The van der Waals surface area contributed by atoms with E-state index in [1.54, 1.807) is 34.6 Å². The topological polar surface area (TPSA) is 171 Å². The van der Waals surface area contributed by atoms with Crippen molar-refractivity contribution in [3.8, 4) is 0 Å². The van der Waals surface area contributed by atoms with Crippen LogP contribution in [0.2, 0.25) is 0 Å². The average molecular weight is 417 g/mol. The second kappa shape index (κ2) is 12.4. The number of amides is 3. The van der Waals surface area contributed by atoms with E-state index in [4.69, 9.17) is 5.73 Å². The number of carboxylic acid groups (broad SMARTS) is 1. The second-order valence-corrected chi connectivity index (χ2v) is 7.95. The molecule has 0 heterocycles. The Balaban J connectivity index is 5.31. The fourth-order valence-corrected chi connectivity index (χ4v) is 2.48. The molecule has 0 aliphatic rings. The highest BCUT2D eigenvalue weighted by atomic mass is 16.4. The number of nitrogens with two attached hydrogens (primary N) is 1. The van der Waals surface area contributed by atoms with Gasteiger partial charge < -0.3 is 31.9 Å². The SMILES string of the molecule is CCC(C)C(NC(=O)C(N)C(C)C)C(=O)NC(CO)C(=O)NC(C(=O)O)C(C)C. The van der Waals surface area contributed by atoms with E-state index in [0.29, 0.717) is 6.42 Å². The van der Waals surface area contributed by atoms with Gasteiger partial charge in [-0.3, -0.25) is 14.4 Å². The molecule has 0 radical (unpaired) electrons. The van der Waals surface area contributed by atoms with Gasteiger partial charge in [0.25, 0.3) is 0 Å². The van der Waals surface area contributed by atoms with Crippen molar-refractivity contribution in [1.29, 1.82) is 0 Å². The van der Waals surface area contributed by atoms with Crippen molar-refractivity contribution in [2.24, 2.45) is 23.5 Å². The van der Waals surface area contributed by atoms with E-state index in [-0.39, 0.29) is 11.8 Å². The summed E-state index contributed by atoms with van der Waals surface area (Å²) in [5.41, 5.74) is 5.83. The number of carbonyl (C=O) groups excluding carboxylic acids is 3. The molecule has 0 rings (SSSR count). The summed E-state index contributed by atoms with van der Waals surface area (Å²) in [6.45, 7) is 9.68. The predicted molar refractivity (Wildman–Crippen MR) is 108 cm³/mol. The Kier molecular flexibility index (Phi) is 11.4. The molecule has 0 aliphatic carbocycles. The summed E-state index contributed by atoms with van der Waals surface area (Å²) in [4.78, 5) is 48.6. The second-order valence-electron chi connectivity index (χ2n) is 7.95. The van der Waals surface area contributed by atoms with E-state index < -0.39 is 60.4 Å². The van der Waals surface area contributed by atoms with Crippen molar-refractivity contribution in [2.75, 3.05) is 6.61 Å². The molecule has 10 heteroatoms. The van der Waals surface area contributed by atoms with E-state index >= 15 is 0 Å². The molecule has 3 amide bonds. The fourth-order valence-electron chi connectivity index (χ4n) is 2.48. The third kappa shape index (κ3) is 8.36. The molecule has 5 unspecified atom stereocenters. The molecule has 5 atom stereocenters. The maximum absolute atomic E-state index is 12.7. The van der Waals surface area contributed by atoms with Crippen molar-refractivity contribution in [2.45, 2.75) is 72.1 Å². The molecule has 0 aromatic rings.